The second-order valence-electron chi connectivity index (χ2n) is 11.7. The van der Waals surface area contributed by atoms with Gasteiger partial charge in [0.1, 0.15) is 11.6 Å². The first-order valence-electron chi connectivity index (χ1n) is 14.7. The van der Waals surface area contributed by atoms with Crippen LogP contribution < -0.4 is 20.7 Å². The SMILES string of the molecule is CN1CCCCC=CC2CC2(C(N)=O)NC(=O)C2CC(Oc3nc(N4CCOCC4)nc4ccccc34)CC2C1=O. The molecular weight excluding hydrogens is 524 g/mol. The summed E-state index contributed by atoms with van der Waals surface area (Å²) in [5, 5.41) is 3.73. The molecule has 1 aromatic carbocycles. The van der Waals surface area contributed by atoms with Crippen LogP contribution in [0.4, 0.5) is 5.95 Å². The van der Waals surface area contributed by atoms with Crippen molar-refractivity contribution in [2.75, 3.05) is 44.8 Å². The molecule has 2 aliphatic heterocycles. The molecule has 5 unspecified atom stereocenters. The van der Waals surface area contributed by atoms with Crippen LogP contribution in [0.1, 0.15) is 38.5 Å². The lowest BCUT2D eigenvalue weighted by molar-refractivity contribution is -0.140. The third-order valence-corrected chi connectivity index (χ3v) is 8.96. The van der Waals surface area contributed by atoms with Gasteiger partial charge in [0.25, 0.3) is 0 Å². The van der Waals surface area contributed by atoms with Crippen LogP contribution in [0.5, 0.6) is 5.88 Å². The monoisotopic (exact) mass is 562 g/mol. The Morgan fingerprint density at radius 1 is 1.10 bits per heavy atom. The fourth-order valence-electron chi connectivity index (χ4n) is 6.42. The largest absolute Gasteiger partial charge is 0.474 e. The van der Waals surface area contributed by atoms with E-state index in [9.17, 15) is 14.4 Å². The number of para-hydroxylation sites is 1. The van der Waals surface area contributed by atoms with Gasteiger partial charge in [0.05, 0.1) is 36.0 Å². The number of morpholine rings is 1. The number of benzene rings is 1. The number of rotatable bonds is 4. The van der Waals surface area contributed by atoms with Crippen molar-refractivity contribution in [1.29, 1.82) is 0 Å². The molecule has 3 fully saturated rings. The fraction of sp³-hybridized carbons (Fsp3) is 0.567. The Hall–Kier alpha value is -3.73. The number of aromatic nitrogens is 2. The van der Waals surface area contributed by atoms with E-state index in [4.69, 9.17) is 25.2 Å². The number of amides is 3. The molecule has 0 bridgehead atoms. The second-order valence-corrected chi connectivity index (χ2v) is 11.7. The molecule has 1 aromatic heterocycles. The van der Waals surface area contributed by atoms with Crippen molar-refractivity contribution in [1.82, 2.24) is 20.2 Å². The molecule has 3 heterocycles. The van der Waals surface area contributed by atoms with E-state index in [0.717, 1.165) is 30.2 Å². The number of hydrogen-bond donors (Lipinski definition) is 2. The number of hydrogen-bond acceptors (Lipinski definition) is 8. The van der Waals surface area contributed by atoms with Crippen LogP contribution in [-0.4, -0.2) is 84.1 Å². The number of nitrogens with one attached hydrogen (secondary N) is 1. The van der Waals surface area contributed by atoms with Crippen LogP contribution in [0.25, 0.3) is 10.9 Å². The Bertz CT molecular complexity index is 1360. The van der Waals surface area contributed by atoms with E-state index in [-0.39, 0.29) is 17.7 Å². The molecule has 1 saturated heterocycles. The van der Waals surface area contributed by atoms with E-state index < -0.39 is 29.4 Å². The van der Waals surface area contributed by atoms with Gasteiger partial charge in [0, 0.05) is 32.6 Å². The Morgan fingerprint density at radius 2 is 1.88 bits per heavy atom. The van der Waals surface area contributed by atoms with Gasteiger partial charge in [0.15, 0.2) is 0 Å². The summed E-state index contributed by atoms with van der Waals surface area (Å²) in [7, 11) is 1.79. The molecule has 2 aliphatic carbocycles. The van der Waals surface area contributed by atoms with Gasteiger partial charge in [-0.05, 0) is 50.7 Å². The topological polar surface area (TPSA) is 140 Å². The van der Waals surface area contributed by atoms with Gasteiger partial charge in [-0.2, -0.15) is 4.98 Å². The van der Waals surface area contributed by atoms with Crippen molar-refractivity contribution in [3.8, 4) is 5.88 Å². The van der Waals surface area contributed by atoms with Crippen molar-refractivity contribution in [3.05, 3.63) is 36.4 Å². The minimum Gasteiger partial charge on any atom is -0.474 e. The molecule has 6 rings (SSSR count). The highest BCUT2D eigenvalue weighted by Crippen LogP contribution is 2.46. The first kappa shape index (κ1) is 27.4. The summed E-state index contributed by atoms with van der Waals surface area (Å²) in [6, 6.07) is 7.68. The number of carbonyl (C=O) groups excluding carboxylic acids is 3. The molecule has 0 spiro atoms. The molecule has 2 aromatic rings. The van der Waals surface area contributed by atoms with Crippen molar-refractivity contribution < 1.29 is 23.9 Å². The lowest BCUT2D eigenvalue weighted by atomic mass is 9.93. The Balaban J connectivity index is 1.28. The third-order valence-electron chi connectivity index (χ3n) is 8.96. The minimum atomic E-state index is -1.09. The third kappa shape index (κ3) is 5.47. The molecule has 218 valence electrons. The fourth-order valence-corrected chi connectivity index (χ4v) is 6.42. The number of primary amides is 1. The number of allylic oxidation sites excluding steroid dienone is 1. The lowest BCUT2D eigenvalue weighted by Gasteiger charge is -2.27. The van der Waals surface area contributed by atoms with Crippen LogP contribution >= 0.6 is 0 Å². The molecule has 0 radical (unpaired) electrons. The average molecular weight is 563 g/mol. The van der Waals surface area contributed by atoms with Crippen LogP contribution in [0.3, 0.4) is 0 Å². The van der Waals surface area contributed by atoms with Gasteiger partial charge in [-0.15, -0.1) is 0 Å². The van der Waals surface area contributed by atoms with Gasteiger partial charge < -0.3 is 30.3 Å². The van der Waals surface area contributed by atoms with Gasteiger partial charge in [-0.3, -0.25) is 14.4 Å². The summed E-state index contributed by atoms with van der Waals surface area (Å²) >= 11 is 0. The Morgan fingerprint density at radius 3 is 2.68 bits per heavy atom. The maximum Gasteiger partial charge on any atom is 0.243 e. The first-order chi connectivity index (χ1) is 19.9. The maximum absolute atomic E-state index is 13.7. The molecule has 11 nitrogen and oxygen atoms in total. The molecule has 5 atom stereocenters. The second kappa shape index (κ2) is 11.3. The lowest BCUT2D eigenvalue weighted by Crippen LogP contribution is -2.51. The Kier molecular flexibility index (Phi) is 7.54. The zero-order valence-corrected chi connectivity index (χ0v) is 23.5. The molecular formula is C30H38N6O5. The molecule has 3 N–H and O–H groups in total. The number of fused-ring (bicyclic) bond motifs is 3. The standard InChI is InChI=1S/C30H38N6O5/c1-35-11-7-3-2-4-8-19-18-30(19,28(31)39)34-25(37)22-16-20(17-23(22)27(35)38)41-26-21-9-5-6-10-24(21)32-29(33-26)36-12-14-40-15-13-36/h4-6,8-10,19-20,22-23H,2-3,7,11-18H2,1H3,(H2,31,39)(H,34,37). The summed E-state index contributed by atoms with van der Waals surface area (Å²) in [4.78, 5) is 53.2. The normalized spacial score (nSPS) is 30.8. The molecule has 4 aliphatic rings. The smallest absolute Gasteiger partial charge is 0.243 e. The van der Waals surface area contributed by atoms with Crippen LogP contribution in [0.15, 0.2) is 36.4 Å². The summed E-state index contributed by atoms with van der Waals surface area (Å²) < 4.78 is 12.0. The highest BCUT2D eigenvalue weighted by atomic mass is 16.5. The van der Waals surface area contributed by atoms with Gasteiger partial charge in [-0.25, -0.2) is 4.98 Å². The summed E-state index contributed by atoms with van der Waals surface area (Å²) in [6.45, 7) is 3.20. The maximum atomic E-state index is 13.7. The summed E-state index contributed by atoms with van der Waals surface area (Å²) in [5.74, 6) is -1.27. The average Bonchev–Trinajstić information content (AvgIpc) is 3.52. The van der Waals surface area contributed by atoms with Crippen LogP contribution in [0, 0.1) is 17.8 Å². The van der Waals surface area contributed by atoms with Crippen molar-refractivity contribution >= 4 is 34.6 Å². The van der Waals surface area contributed by atoms with Gasteiger partial charge >= 0.3 is 0 Å². The summed E-state index contributed by atoms with van der Waals surface area (Å²) in [6.07, 6.45) is 7.46. The van der Waals surface area contributed by atoms with E-state index in [2.05, 4.69) is 16.3 Å². The van der Waals surface area contributed by atoms with Crippen molar-refractivity contribution in [3.63, 3.8) is 0 Å². The van der Waals surface area contributed by atoms with E-state index in [1.807, 2.05) is 30.3 Å². The van der Waals surface area contributed by atoms with Gasteiger partial charge in [-0.1, -0.05) is 24.3 Å². The van der Waals surface area contributed by atoms with Crippen LogP contribution in [-0.2, 0) is 19.1 Å². The zero-order valence-electron chi connectivity index (χ0n) is 23.5. The van der Waals surface area contributed by atoms with E-state index in [1.165, 1.54) is 0 Å². The predicted molar refractivity (Wildman–Crippen MR) is 152 cm³/mol. The predicted octanol–water partition coefficient (Wildman–Crippen LogP) is 1.80. The highest BCUT2D eigenvalue weighted by Gasteiger charge is 2.60. The van der Waals surface area contributed by atoms with Gasteiger partial charge in [0.2, 0.25) is 29.5 Å². The molecule has 41 heavy (non-hydrogen) atoms. The number of nitrogens with two attached hydrogens (primary N) is 1. The van der Waals surface area contributed by atoms with Crippen LogP contribution in [0.2, 0.25) is 0 Å². The molecule has 3 amide bonds. The number of ether oxygens (including phenoxy) is 2. The summed E-state index contributed by atoms with van der Waals surface area (Å²) in [5.41, 5.74) is 5.45. The van der Waals surface area contributed by atoms with Crippen molar-refractivity contribution in [2.45, 2.75) is 50.2 Å². The first-order valence-corrected chi connectivity index (χ1v) is 14.7. The number of anilines is 1. The molecule has 2 saturated carbocycles. The number of nitrogens with zero attached hydrogens (tertiary/aromatic N) is 4. The minimum absolute atomic E-state index is 0.0779. The van der Waals surface area contributed by atoms with E-state index >= 15 is 0 Å². The number of carbonyl (C=O) groups is 3. The van der Waals surface area contributed by atoms with E-state index in [1.54, 1.807) is 11.9 Å². The zero-order chi connectivity index (χ0) is 28.6. The molecule has 11 heteroatoms. The highest BCUT2D eigenvalue weighted by molar-refractivity contribution is 5.96. The van der Waals surface area contributed by atoms with Crippen molar-refractivity contribution in [2.24, 2.45) is 23.5 Å². The Labute approximate surface area is 239 Å². The quantitative estimate of drug-likeness (QED) is 0.538. The van der Waals surface area contributed by atoms with E-state index in [0.29, 0.717) is 63.9 Å².